The number of rotatable bonds is 0. The second-order valence-corrected chi connectivity index (χ2v) is 6.33. The van der Waals surface area contributed by atoms with E-state index in [4.69, 9.17) is 0 Å². The van der Waals surface area contributed by atoms with Crippen LogP contribution in [0.5, 0.6) is 0 Å². The van der Waals surface area contributed by atoms with Crippen LogP contribution < -0.4 is 10.4 Å². The fourth-order valence-corrected chi connectivity index (χ4v) is 4.42. The van der Waals surface area contributed by atoms with Crippen molar-refractivity contribution in [1.82, 2.24) is 0 Å². The quantitative estimate of drug-likeness (QED) is 0.616. The highest BCUT2D eigenvalue weighted by molar-refractivity contribution is 5.75. The summed E-state index contributed by atoms with van der Waals surface area (Å²) in [6.45, 7) is 7.17. The highest BCUT2D eigenvalue weighted by Gasteiger charge is 2.44. The van der Waals surface area contributed by atoms with E-state index in [2.05, 4.69) is 39.0 Å². The molecule has 1 saturated carbocycles. The lowest BCUT2D eigenvalue weighted by atomic mass is 9.61. The van der Waals surface area contributed by atoms with Crippen LogP contribution in [0.25, 0.3) is 11.6 Å². The Balaban J connectivity index is 2.16. The molecule has 2 bridgehead atoms. The van der Waals surface area contributed by atoms with Crippen LogP contribution in [0.15, 0.2) is 12.1 Å². The molecule has 0 heterocycles. The van der Waals surface area contributed by atoms with Gasteiger partial charge in [-0.3, -0.25) is 0 Å². The van der Waals surface area contributed by atoms with Crippen LogP contribution in [0.3, 0.4) is 0 Å². The predicted molar refractivity (Wildman–Crippen MR) is 67.6 cm³/mol. The molecule has 1 aromatic carbocycles. The molecular weight excluding hydrogens is 192 g/mol. The van der Waals surface area contributed by atoms with Crippen molar-refractivity contribution < 1.29 is 0 Å². The van der Waals surface area contributed by atoms with E-state index in [9.17, 15) is 0 Å². The molecular formula is C16H18. The van der Waals surface area contributed by atoms with Crippen molar-refractivity contribution in [2.45, 2.75) is 39.5 Å². The molecule has 3 atom stereocenters. The van der Waals surface area contributed by atoms with E-state index in [0.717, 1.165) is 11.8 Å². The Morgan fingerprint density at radius 1 is 1.19 bits per heavy atom. The number of fused-ring (bicyclic) bond motifs is 5. The maximum absolute atomic E-state index is 2.55. The molecule has 0 N–H and O–H groups in total. The molecule has 1 aromatic rings. The van der Waals surface area contributed by atoms with E-state index in [1.54, 1.807) is 27.1 Å². The SMILES string of the molecule is CC1CC2(C)C=c3c4cc(cc3=C12)CC4C. The molecule has 0 spiro atoms. The molecule has 3 aliphatic rings. The van der Waals surface area contributed by atoms with Crippen LogP contribution in [0.2, 0.25) is 0 Å². The van der Waals surface area contributed by atoms with E-state index < -0.39 is 0 Å². The molecule has 16 heavy (non-hydrogen) atoms. The summed E-state index contributed by atoms with van der Waals surface area (Å²) in [5.41, 5.74) is 5.31. The van der Waals surface area contributed by atoms with Crippen LogP contribution in [0.4, 0.5) is 0 Å². The number of hydrogen-bond acceptors (Lipinski definition) is 0. The van der Waals surface area contributed by atoms with Gasteiger partial charge in [0.05, 0.1) is 0 Å². The highest BCUT2D eigenvalue weighted by atomic mass is 14.5. The van der Waals surface area contributed by atoms with Gasteiger partial charge >= 0.3 is 0 Å². The van der Waals surface area contributed by atoms with Crippen molar-refractivity contribution in [3.63, 3.8) is 0 Å². The molecule has 82 valence electrons. The summed E-state index contributed by atoms with van der Waals surface area (Å²) in [4.78, 5) is 0. The van der Waals surface area contributed by atoms with Gasteiger partial charge in [0.2, 0.25) is 0 Å². The maximum Gasteiger partial charge on any atom is 0.00892 e. The first kappa shape index (κ1) is 9.04. The van der Waals surface area contributed by atoms with Crippen LogP contribution in [-0.2, 0) is 6.42 Å². The average Bonchev–Trinajstić information content (AvgIpc) is 2.60. The lowest BCUT2D eigenvalue weighted by molar-refractivity contribution is 0.362. The third-order valence-corrected chi connectivity index (χ3v) is 4.94. The Kier molecular flexibility index (Phi) is 1.38. The third kappa shape index (κ3) is 0.841. The molecule has 4 rings (SSSR count). The first-order valence-corrected chi connectivity index (χ1v) is 6.49. The normalized spacial score (nSPS) is 37.8. The first-order valence-electron chi connectivity index (χ1n) is 6.49. The van der Waals surface area contributed by atoms with Gasteiger partial charge in [-0.25, -0.2) is 0 Å². The Morgan fingerprint density at radius 3 is 2.75 bits per heavy atom. The number of benzene rings is 1. The summed E-state index contributed by atoms with van der Waals surface area (Å²) in [7, 11) is 0. The van der Waals surface area contributed by atoms with E-state index in [1.165, 1.54) is 12.8 Å². The molecule has 0 radical (unpaired) electrons. The second kappa shape index (κ2) is 2.45. The summed E-state index contributed by atoms with van der Waals surface area (Å²) < 4.78 is 0. The predicted octanol–water partition coefficient (Wildman–Crippen LogP) is 2.34. The van der Waals surface area contributed by atoms with E-state index >= 15 is 0 Å². The summed E-state index contributed by atoms with van der Waals surface area (Å²) in [6.07, 6.45) is 5.16. The zero-order valence-corrected chi connectivity index (χ0v) is 10.3. The topological polar surface area (TPSA) is 0 Å². The maximum atomic E-state index is 2.55. The van der Waals surface area contributed by atoms with Crippen LogP contribution in [0, 0.1) is 11.3 Å². The standard InChI is InChI=1S/C16H18/c1-9-4-11-5-12(9)14-8-16(3)7-10(2)15(16)13(14)6-11/h5-6,8-10H,4,7H2,1-3H3. The zero-order chi connectivity index (χ0) is 11.1. The summed E-state index contributed by atoms with van der Waals surface area (Å²) >= 11 is 0. The van der Waals surface area contributed by atoms with Gasteiger partial charge in [0.1, 0.15) is 0 Å². The van der Waals surface area contributed by atoms with Crippen molar-refractivity contribution in [2.24, 2.45) is 11.3 Å². The van der Waals surface area contributed by atoms with E-state index in [-0.39, 0.29) is 0 Å². The highest BCUT2D eigenvalue weighted by Crippen LogP contribution is 2.53. The monoisotopic (exact) mass is 210 g/mol. The van der Waals surface area contributed by atoms with Gasteiger partial charge in [0, 0.05) is 5.41 Å². The first-order chi connectivity index (χ1) is 7.58. The van der Waals surface area contributed by atoms with Gasteiger partial charge in [-0.1, -0.05) is 39.0 Å². The van der Waals surface area contributed by atoms with Crippen LogP contribution >= 0.6 is 0 Å². The fourth-order valence-electron chi connectivity index (χ4n) is 4.42. The summed E-state index contributed by atoms with van der Waals surface area (Å²) in [6, 6.07) is 4.90. The Bertz CT molecular complexity index is 620. The molecule has 0 nitrogen and oxygen atoms in total. The molecule has 1 fully saturated rings. The third-order valence-electron chi connectivity index (χ3n) is 4.94. The van der Waals surface area contributed by atoms with Gasteiger partial charge in [0.15, 0.2) is 0 Å². The van der Waals surface area contributed by atoms with Gasteiger partial charge in [0.25, 0.3) is 0 Å². The minimum Gasteiger partial charge on any atom is -0.0663 e. The second-order valence-electron chi connectivity index (χ2n) is 6.33. The van der Waals surface area contributed by atoms with Gasteiger partial charge < -0.3 is 0 Å². The van der Waals surface area contributed by atoms with Gasteiger partial charge in [-0.2, -0.15) is 0 Å². The average molecular weight is 210 g/mol. The van der Waals surface area contributed by atoms with Crippen LogP contribution in [-0.4, -0.2) is 0 Å². The lowest BCUT2D eigenvalue weighted by Gasteiger charge is -2.43. The summed E-state index contributed by atoms with van der Waals surface area (Å²) in [5, 5.41) is 3.17. The van der Waals surface area contributed by atoms with E-state index in [1.807, 2.05) is 0 Å². The number of hydrogen-bond donors (Lipinski definition) is 0. The Morgan fingerprint density at radius 2 is 2.00 bits per heavy atom. The molecule has 0 aliphatic heterocycles. The largest absolute Gasteiger partial charge is 0.0663 e. The smallest absolute Gasteiger partial charge is 0.00892 e. The van der Waals surface area contributed by atoms with Crippen molar-refractivity contribution in [2.75, 3.05) is 0 Å². The Hall–Kier alpha value is -1.04. The molecule has 3 aliphatic carbocycles. The molecule has 0 amide bonds. The van der Waals surface area contributed by atoms with Crippen molar-refractivity contribution in [3.05, 3.63) is 33.7 Å². The molecule has 0 heteroatoms. The van der Waals surface area contributed by atoms with Crippen molar-refractivity contribution in [3.8, 4) is 0 Å². The minimum absolute atomic E-state index is 0.409. The van der Waals surface area contributed by atoms with Crippen molar-refractivity contribution >= 4 is 11.6 Å². The zero-order valence-electron chi connectivity index (χ0n) is 10.3. The molecule has 0 aromatic heterocycles. The van der Waals surface area contributed by atoms with Crippen molar-refractivity contribution in [1.29, 1.82) is 0 Å². The minimum atomic E-state index is 0.409. The van der Waals surface area contributed by atoms with Gasteiger partial charge in [-0.05, 0) is 51.8 Å². The Labute approximate surface area is 96.7 Å². The van der Waals surface area contributed by atoms with Gasteiger partial charge in [-0.15, -0.1) is 0 Å². The van der Waals surface area contributed by atoms with Crippen LogP contribution in [0.1, 0.15) is 44.2 Å². The molecule has 0 saturated heterocycles. The summed E-state index contributed by atoms with van der Waals surface area (Å²) in [5.74, 6) is 1.55. The van der Waals surface area contributed by atoms with E-state index in [0.29, 0.717) is 5.41 Å². The molecule has 3 unspecified atom stereocenters. The fraction of sp³-hybridized carbons (Fsp3) is 0.500. The lowest BCUT2D eigenvalue weighted by Crippen LogP contribution is -2.35.